The molecule has 68 valence electrons. The van der Waals surface area contributed by atoms with E-state index in [0.29, 0.717) is 0 Å². The standard InChI is InChI=1S/2C5H.2CH3.Ti/c2*1-2-4-5-3-1;;;/h2*1H;2*1H3;/q2*-5;2*-1;+4. The number of hydrogen-bond acceptors (Lipinski definition) is 0. The van der Waals surface area contributed by atoms with E-state index in [4.69, 9.17) is 0 Å². The van der Waals surface area contributed by atoms with Crippen molar-refractivity contribution < 1.29 is 21.7 Å². The third-order valence-electron chi connectivity index (χ3n) is 0.702. The van der Waals surface area contributed by atoms with Crippen LogP contribution in [0.4, 0.5) is 0 Å². The maximum atomic E-state index is 2.62. The Bertz CT molecular complexity index is 144. The van der Waals surface area contributed by atoms with E-state index in [1.54, 1.807) is 12.1 Å². The molecule has 0 nitrogen and oxygen atoms in total. The van der Waals surface area contributed by atoms with Crippen LogP contribution in [0.2, 0.25) is 0 Å². The molecular weight excluding hydrogens is 192 g/mol. The van der Waals surface area contributed by atoms with Crippen molar-refractivity contribution in [3.8, 4) is 0 Å². The number of rotatable bonds is 0. The molecule has 2 aromatic rings. The molecule has 0 fully saturated rings. The Kier molecular flexibility index (Phi) is 19.6. The first-order valence-corrected chi connectivity index (χ1v) is 2.65. The fourth-order valence-corrected chi connectivity index (χ4v) is 0.361. The van der Waals surface area contributed by atoms with Crippen molar-refractivity contribution in [3.05, 3.63) is 75.5 Å². The van der Waals surface area contributed by atoms with Crippen LogP contribution in [-0.4, -0.2) is 0 Å². The van der Waals surface area contributed by atoms with E-state index in [0.717, 1.165) is 0 Å². The van der Waals surface area contributed by atoms with Gasteiger partial charge in [0.1, 0.15) is 0 Å². The van der Waals surface area contributed by atoms with E-state index in [1.165, 1.54) is 0 Å². The number of hydrogen-bond donors (Lipinski definition) is 0. The van der Waals surface area contributed by atoms with Gasteiger partial charge in [0.15, 0.2) is 0 Å². The molecule has 2 rings (SSSR count). The predicted molar refractivity (Wildman–Crippen MR) is 47.6 cm³/mol. The molecule has 0 aliphatic rings. The van der Waals surface area contributed by atoms with Gasteiger partial charge < -0.3 is 75.5 Å². The molecule has 0 spiro atoms. The molecule has 1 heteroatoms. The van der Waals surface area contributed by atoms with Gasteiger partial charge in [0.25, 0.3) is 0 Å². The summed E-state index contributed by atoms with van der Waals surface area (Å²) in [5.41, 5.74) is 0. The largest absolute Gasteiger partial charge is 4.00 e. The van der Waals surface area contributed by atoms with E-state index < -0.39 is 0 Å². The first-order chi connectivity index (χ1) is 5.00. The SMILES string of the molecule is [CH3-].[CH3-].[Ti+4].[c-]1[c-][c-][cH-][c-]1.[c-]1[c-][c-][cH-][c-]1. The average molecular weight is 200 g/mol. The van der Waals surface area contributed by atoms with Crippen molar-refractivity contribution in [2.75, 3.05) is 0 Å². The summed E-state index contributed by atoms with van der Waals surface area (Å²) in [6.45, 7) is 0. The van der Waals surface area contributed by atoms with Crippen LogP contribution in [0.3, 0.4) is 0 Å². The topological polar surface area (TPSA) is 0 Å². The van der Waals surface area contributed by atoms with E-state index >= 15 is 0 Å². The van der Waals surface area contributed by atoms with Crippen LogP contribution in [0, 0.1) is 63.4 Å². The van der Waals surface area contributed by atoms with E-state index in [-0.39, 0.29) is 36.6 Å². The van der Waals surface area contributed by atoms with Gasteiger partial charge in [-0.15, -0.1) is 0 Å². The van der Waals surface area contributed by atoms with Gasteiger partial charge in [0, 0.05) is 0 Å². The van der Waals surface area contributed by atoms with Crippen molar-refractivity contribution in [2.45, 2.75) is 0 Å². The Labute approximate surface area is 97.2 Å². The van der Waals surface area contributed by atoms with Crippen molar-refractivity contribution in [1.82, 2.24) is 0 Å². The third kappa shape index (κ3) is 11.4. The maximum absolute atomic E-state index is 2.62. The monoisotopic (exact) mass is 200 g/mol. The Morgan fingerprint density at radius 2 is 0.769 bits per heavy atom. The van der Waals surface area contributed by atoms with Crippen LogP contribution in [0.25, 0.3) is 0 Å². The molecule has 0 aliphatic carbocycles. The van der Waals surface area contributed by atoms with Gasteiger partial charge in [-0.2, -0.15) is 0 Å². The van der Waals surface area contributed by atoms with Crippen molar-refractivity contribution in [2.24, 2.45) is 0 Å². The Morgan fingerprint density at radius 3 is 0.846 bits per heavy atom. The normalized spacial score (nSPS) is 6.15. The molecule has 0 aromatic heterocycles. The molecule has 0 atom stereocenters. The van der Waals surface area contributed by atoms with Crippen molar-refractivity contribution in [3.63, 3.8) is 0 Å². The van der Waals surface area contributed by atoms with Gasteiger partial charge in [0.05, 0.1) is 0 Å². The first-order valence-electron chi connectivity index (χ1n) is 2.65. The molecule has 13 heavy (non-hydrogen) atoms. The smallest absolute Gasteiger partial charge is 0.999 e. The molecule has 0 heterocycles. The molecule has 0 unspecified atom stereocenters. The second kappa shape index (κ2) is 14.0. The summed E-state index contributed by atoms with van der Waals surface area (Å²) in [5.74, 6) is 0. The molecule has 0 saturated carbocycles. The molecule has 0 aliphatic heterocycles. The molecule has 0 radical (unpaired) electrons. The Balaban J connectivity index is -0.000000125. The molecule has 0 N–H and O–H groups in total. The van der Waals surface area contributed by atoms with Crippen LogP contribution in [0.5, 0.6) is 0 Å². The average Bonchev–Trinajstić information content (AvgIpc) is 2.67. The Hall–Kier alpha value is -0.586. The minimum atomic E-state index is 0. The van der Waals surface area contributed by atoms with E-state index in [1.807, 2.05) is 0 Å². The second-order valence-electron chi connectivity index (χ2n) is 1.37. The first kappa shape index (κ1) is 18.2. The fourth-order valence-electron chi connectivity index (χ4n) is 0.361. The quantitative estimate of drug-likeness (QED) is 0.451. The maximum Gasteiger partial charge on any atom is 4.00 e. The molecule has 0 bridgehead atoms. The molecule has 0 saturated heterocycles. The van der Waals surface area contributed by atoms with Gasteiger partial charge in [-0.05, 0) is 0 Å². The van der Waals surface area contributed by atoms with Gasteiger partial charge in [-0.25, -0.2) is 0 Å². The van der Waals surface area contributed by atoms with E-state index in [9.17, 15) is 0 Å². The molecule has 0 amide bonds. The minimum Gasteiger partial charge on any atom is -0.999 e. The van der Waals surface area contributed by atoms with Crippen LogP contribution >= 0.6 is 0 Å². The summed E-state index contributed by atoms with van der Waals surface area (Å²) in [4.78, 5) is 0. The van der Waals surface area contributed by atoms with Gasteiger partial charge in [-0.1, -0.05) is 0 Å². The zero-order chi connectivity index (χ0) is 7.07. The van der Waals surface area contributed by atoms with Crippen molar-refractivity contribution >= 4 is 0 Å². The van der Waals surface area contributed by atoms with Crippen LogP contribution in [0.15, 0.2) is 12.1 Å². The minimum absolute atomic E-state index is 0. The Morgan fingerprint density at radius 1 is 0.538 bits per heavy atom. The van der Waals surface area contributed by atoms with E-state index in [2.05, 4.69) is 48.5 Å². The third-order valence-corrected chi connectivity index (χ3v) is 0.702. The van der Waals surface area contributed by atoms with Crippen molar-refractivity contribution in [1.29, 1.82) is 0 Å². The summed E-state index contributed by atoms with van der Waals surface area (Å²) in [5, 5.41) is 0. The van der Waals surface area contributed by atoms with Gasteiger partial charge in [-0.3, -0.25) is 0 Å². The van der Waals surface area contributed by atoms with Gasteiger partial charge in [0.2, 0.25) is 0 Å². The summed E-state index contributed by atoms with van der Waals surface area (Å²) >= 11 is 0. The fraction of sp³-hybridized carbons (Fsp3) is 0. The molecular formula is C12H8Ti-8. The van der Waals surface area contributed by atoms with Crippen LogP contribution in [0.1, 0.15) is 0 Å². The van der Waals surface area contributed by atoms with Crippen LogP contribution in [-0.2, 0) is 21.7 Å². The zero-order valence-corrected chi connectivity index (χ0v) is 9.22. The summed E-state index contributed by atoms with van der Waals surface area (Å²) in [6, 6.07) is 24.0. The summed E-state index contributed by atoms with van der Waals surface area (Å²) in [7, 11) is 0. The summed E-state index contributed by atoms with van der Waals surface area (Å²) < 4.78 is 0. The zero-order valence-electron chi connectivity index (χ0n) is 7.65. The molecule has 2 aromatic carbocycles. The van der Waals surface area contributed by atoms with Crippen LogP contribution < -0.4 is 0 Å². The summed E-state index contributed by atoms with van der Waals surface area (Å²) in [6.07, 6.45) is 0. The van der Waals surface area contributed by atoms with Gasteiger partial charge >= 0.3 is 21.7 Å². The predicted octanol–water partition coefficient (Wildman–Crippen LogP) is 2.11. The second-order valence-corrected chi connectivity index (χ2v) is 1.37.